The van der Waals surface area contributed by atoms with Gasteiger partial charge in [0.2, 0.25) is 0 Å². The Bertz CT molecular complexity index is 715. The van der Waals surface area contributed by atoms with Crippen molar-refractivity contribution < 1.29 is 9.53 Å². The van der Waals surface area contributed by atoms with E-state index in [1.54, 1.807) is 6.92 Å². The van der Waals surface area contributed by atoms with Gasteiger partial charge >= 0.3 is 0 Å². The summed E-state index contributed by atoms with van der Waals surface area (Å²) in [5.74, 6) is 7.84. The molecule has 0 saturated heterocycles. The van der Waals surface area contributed by atoms with Crippen LogP contribution in [0.4, 0.5) is 0 Å². The zero-order valence-electron chi connectivity index (χ0n) is 14.6. The van der Waals surface area contributed by atoms with Crippen LogP contribution < -0.4 is 4.74 Å². The molecule has 0 heterocycles. The van der Waals surface area contributed by atoms with Crippen molar-refractivity contribution in [3.63, 3.8) is 0 Å². The van der Waals surface area contributed by atoms with E-state index in [0.29, 0.717) is 18.9 Å². The SMILES string of the molecule is CCOc1ccc(C#Cc2ccc(CC(C)CC(C)=O)cc2)cc1. The van der Waals surface area contributed by atoms with Crippen molar-refractivity contribution >= 4 is 5.78 Å². The molecule has 2 aromatic rings. The van der Waals surface area contributed by atoms with E-state index in [1.807, 2.05) is 43.3 Å². The van der Waals surface area contributed by atoms with E-state index < -0.39 is 0 Å². The van der Waals surface area contributed by atoms with Crippen molar-refractivity contribution in [3.05, 3.63) is 65.2 Å². The molecule has 124 valence electrons. The summed E-state index contributed by atoms with van der Waals surface area (Å²) in [5.41, 5.74) is 3.21. The second-order valence-corrected chi connectivity index (χ2v) is 6.12. The van der Waals surface area contributed by atoms with Crippen LogP contribution in [0.25, 0.3) is 0 Å². The topological polar surface area (TPSA) is 26.3 Å². The van der Waals surface area contributed by atoms with Crippen LogP contribution in [0.5, 0.6) is 5.75 Å². The third-order valence-electron chi connectivity index (χ3n) is 3.69. The van der Waals surface area contributed by atoms with E-state index in [-0.39, 0.29) is 5.78 Å². The molecule has 0 aliphatic rings. The number of hydrogen-bond acceptors (Lipinski definition) is 2. The average molecular weight is 320 g/mol. The van der Waals surface area contributed by atoms with Gasteiger partial charge < -0.3 is 9.53 Å². The first-order valence-electron chi connectivity index (χ1n) is 8.40. The number of benzene rings is 2. The van der Waals surface area contributed by atoms with Crippen molar-refractivity contribution in [2.75, 3.05) is 6.61 Å². The molecule has 0 N–H and O–H groups in total. The molecule has 24 heavy (non-hydrogen) atoms. The van der Waals surface area contributed by atoms with Crippen molar-refractivity contribution in [1.82, 2.24) is 0 Å². The number of ether oxygens (including phenoxy) is 1. The Morgan fingerprint density at radius 2 is 1.54 bits per heavy atom. The zero-order chi connectivity index (χ0) is 17.4. The first-order chi connectivity index (χ1) is 11.6. The van der Waals surface area contributed by atoms with E-state index >= 15 is 0 Å². The molecule has 0 saturated carbocycles. The van der Waals surface area contributed by atoms with Gasteiger partial charge in [-0.15, -0.1) is 0 Å². The van der Waals surface area contributed by atoms with Crippen LogP contribution >= 0.6 is 0 Å². The fraction of sp³-hybridized carbons (Fsp3) is 0.318. The van der Waals surface area contributed by atoms with Crippen molar-refractivity contribution in [3.8, 4) is 17.6 Å². The lowest BCUT2D eigenvalue weighted by Gasteiger charge is -2.09. The van der Waals surface area contributed by atoms with E-state index in [1.165, 1.54) is 5.56 Å². The summed E-state index contributed by atoms with van der Waals surface area (Å²) >= 11 is 0. The molecular weight excluding hydrogens is 296 g/mol. The number of carbonyl (C=O) groups excluding carboxylic acids is 1. The Kier molecular flexibility index (Phi) is 6.63. The van der Waals surface area contributed by atoms with Crippen LogP contribution in [0.3, 0.4) is 0 Å². The molecule has 2 heteroatoms. The summed E-state index contributed by atoms with van der Waals surface area (Å²) in [5, 5.41) is 0. The molecule has 1 atom stereocenters. The van der Waals surface area contributed by atoms with E-state index in [9.17, 15) is 4.79 Å². The predicted molar refractivity (Wildman–Crippen MR) is 98.2 cm³/mol. The Labute approximate surface area is 144 Å². The maximum absolute atomic E-state index is 11.1. The molecule has 0 aliphatic heterocycles. The number of Topliss-reactive ketones (excluding diaryl/α,β-unsaturated/α-hetero) is 1. The molecular formula is C22H24O2. The normalized spacial score (nSPS) is 11.3. The van der Waals surface area contributed by atoms with E-state index in [0.717, 1.165) is 23.3 Å². The third-order valence-corrected chi connectivity index (χ3v) is 3.69. The van der Waals surface area contributed by atoms with Gasteiger partial charge in [-0.3, -0.25) is 0 Å². The summed E-state index contributed by atoms with van der Waals surface area (Å²) in [7, 11) is 0. The highest BCUT2D eigenvalue weighted by molar-refractivity contribution is 5.75. The first kappa shape index (κ1) is 17.8. The first-order valence-corrected chi connectivity index (χ1v) is 8.40. The lowest BCUT2D eigenvalue weighted by atomic mass is 9.96. The van der Waals surface area contributed by atoms with Crippen molar-refractivity contribution in [1.29, 1.82) is 0 Å². The number of carbonyl (C=O) groups is 1. The highest BCUT2D eigenvalue weighted by Crippen LogP contribution is 2.14. The summed E-state index contributed by atoms with van der Waals surface area (Å²) in [6.45, 7) is 6.40. The second-order valence-electron chi connectivity index (χ2n) is 6.12. The van der Waals surface area contributed by atoms with Crippen LogP contribution in [0, 0.1) is 17.8 Å². The molecule has 0 radical (unpaired) electrons. The Balaban J connectivity index is 1.97. The maximum Gasteiger partial charge on any atom is 0.130 e. The fourth-order valence-electron chi connectivity index (χ4n) is 2.63. The van der Waals surface area contributed by atoms with E-state index in [4.69, 9.17) is 4.74 Å². The van der Waals surface area contributed by atoms with Crippen LogP contribution in [-0.2, 0) is 11.2 Å². The maximum atomic E-state index is 11.1. The van der Waals surface area contributed by atoms with Crippen LogP contribution in [0.15, 0.2) is 48.5 Å². The highest BCUT2D eigenvalue weighted by Gasteiger charge is 2.06. The third kappa shape index (κ3) is 5.93. The minimum atomic E-state index is 0.250. The van der Waals surface area contributed by atoms with Crippen molar-refractivity contribution in [2.24, 2.45) is 5.92 Å². The highest BCUT2D eigenvalue weighted by atomic mass is 16.5. The van der Waals surface area contributed by atoms with Gasteiger partial charge in [-0.1, -0.05) is 30.9 Å². The molecule has 1 unspecified atom stereocenters. The molecule has 2 rings (SSSR count). The standard InChI is InChI=1S/C22H24O2/c1-4-24-22-13-11-20(12-14-22)6-5-19-7-9-21(10-8-19)16-17(2)15-18(3)23/h7-14,17H,4,15-16H2,1-3H3. The molecule has 2 nitrogen and oxygen atoms in total. The Morgan fingerprint density at radius 3 is 2.04 bits per heavy atom. The van der Waals surface area contributed by atoms with Gasteiger partial charge in [0.05, 0.1) is 6.61 Å². The van der Waals surface area contributed by atoms with Crippen molar-refractivity contribution in [2.45, 2.75) is 33.6 Å². The Hall–Kier alpha value is -2.53. The minimum Gasteiger partial charge on any atom is -0.494 e. The summed E-state index contributed by atoms with van der Waals surface area (Å²) < 4.78 is 5.42. The van der Waals surface area contributed by atoms with Gasteiger partial charge in [-0.05, 0) is 68.1 Å². The number of ketones is 1. The zero-order valence-corrected chi connectivity index (χ0v) is 14.6. The van der Waals surface area contributed by atoms with Gasteiger partial charge in [-0.25, -0.2) is 0 Å². The quantitative estimate of drug-likeness (QED) is 0.725. The number of hydrogen-bond donors (Lipinski definition) is 0. The van der Waals surface area contributed by atoms with Crippen LogP contribution in [0.2, 0.25) is 0 Å². The fourth-order valence-corrected chi connectivity index (χ4v) is 2.63. The summed E-state index contributed by atoms with van der Waals surface area (Å²) in [6.07, 6.45) is 1.56. The van der Waals surface area contributed by atoms with Gasteiger partial charge in [0.15, 0.2) is 0 Å². The Morgan fingerprint density at radius 1 is 1.00 bits per heavy atom. The van der Waals surface area contributed by atoms with Gasteiger partial charge in [-0.2, -0.15) is 0 Å². The smallest absolute Gasteiger partial charge is 0.130 e. The molecule has 0 bridgehead atoms. The molecule has 0 aromatic heterocycles. The molecule has 2 aromatic carbocycles. The molecule has 0 amide bonds. The lowest BCUT2D eigenvalue weighted by molar-refractivity contribution is -0.117. The van der Waals surface area contributed by atoms with Gasteiger partial charge in [0.25, 0.3) is 0 Å². The van der Waals surface area contributed by atoms with E-state index in [2.05, 4.69) is 30.9 Å². The summed E-state index contributed by atoms with van der Waals surface area (Å²) in [6, 6.07) is 16.1. The monoisotopic (exact) mass is 320 g/mol. The predicted octanol–water partition coefficient (Wildman–Crippen LogP) is 4.64. The van der Waals surface area contributed by atoms with Gasteiger partial charge in [0, 0.05) is 17.5 Å². The van der Waals surface area contributed by atoms with Crippen LogP contribution in [0.1, 0.15) is 43.9 Å². The minimum absolute atomic E-state index is 0.250. The van der Waals surface area contributed by atoms with Gasteiger partial charge in [0.1, 0.15) is 11.5 Å². The molecule has 0 aliphatic carbocycles. The number of rotatable bonds is 6. The van der Waals surface area contributed by atoms with Crippen LogP contribution in [-0.4, -0.2) is 12.4 Å². The molecule has 0 spiro atoms. The summed E-state index contributed by atoms with van der Waals surface area (Å²) in [4.78, 5) is 11.1. The largest absolute Gasteiger partial charge is 0.494 e. The lowest BCUT2D eigenvalue weighted by Crippen LogP contribution is -2.04. The molecule has 0 fully saturated rings. The average Bonchev–Trinajstić information content (AvgIpc) is 2.55. The second kappa shape index (κ2) is 8.93.